The lowest BCUT2D eigenvalue weighted by molar-refractivity contribution is -0.120. The summed E-state index contributed by atoms with van der Waals surface area (Å²) in [6.07, 6.45) is 2.64. The number of carbonyl (C=O) groups is 2. The zero-order valence-electron chi connectivity index (χ0n) is 12.6. The van der Waals surface area contributed by atoms with E-state index in [0.717, 1.165) is 6.20 Å². The second-order valence-corrected chi connectivity index (χ2v) is 4.99. The minimum absolute atomic E-state index is 0.172. The summed E-state index contributed by atoms with van der Waals surface area (Å²) >= 11 is 0. The first-order valence-corrected chi connectivity index (χ1v) is 7.18. The van der Waals surface area contributed by atoms with E-state index in [9.17, 15) is 14.4 Å². The number of para-hydroxylation sites is 1. The van der Waals surface area contributed by atoms with Gasteiger partial charge < -0.3 is 9.73 Å². The van der Waals surface area contributed by atoms with Crippen LogP contribution in [0.15, 0.2) is 58.1 Å². The molecule has 1 aromatic carbocycles. The summed E-state index contributed by atoms with van der Waals surface area (Å²) in [7, 11) is 0. The zero-order chi connectivity index (χ0) is 16.9. The monoisotopic (exact) mass is 326 g/mol. The summed E-state index contributed by atoms with van der Waals surface area (Å²) in [4.78, 5) is 35.4. The highest BCUT2D eigenvalue weighted by Gasteiger charge is 2.11. The Morgan fingerprint density at radius 2 is 2.00 bits per heavy atom. The Morgan fingerprint density at radius 3 is 2.79 bits per heavy atom. The van der Waals surface area contributed by atoms with E-state index in [2.05, 4.69) is 15.7 Å². The molecule has 3 amide bonds. The van der Waals surface area contributed by atoms with E-state index in [0.29, 0.717) is 16.7 Å². The van der Waals surface area contributed by atoms with E-state index in [1.54, 1.807) is 36.4 Å². The Balaban J connectivity index is 1.64. The average molecular weight is 326 g/mol. The average Bonchev–Trinajstić information content (AvgIpc) is 3.09. The molecule has 0 bridgehead atoms. The summed E-state index contributed by atoms with van der Waals surface area (Å²) in [6, 6.07) is 9.59. The number of fused-ring (bicyclic) bond motifs is 1. The molecule has 0 aliphatic rings. The number of hydrogen-bond acceptors (Lipinski definition) is 5. The van der Waals surface area contributed by atoms with Crippen LogP contribution in [0.4, 0.5) is 4.79 Å². The maximum absolute atomic E-state index is 12.0. The first kappa shape index (κ1) is 15.5. The van der Waals surface area contributed by atoms with Crippen LogP contribution in [-0.4, -0.2) is 21.7 Å². The summed E-state index contributed by atoms with van der Waals surface area (Å²) in [5.41, 5.74) is 0.301. The summed E-state index contributed by atoms with van der Waals surface area (Å²) in [6.45, 7) is -0.0136. The van der Waals surface area contributed by atoms with Gasteiger partial charge in [-0.25, -0.2) is 4.79 Å². The Bertz CT molecular complexity index is 931. The van der Waals surface area contributed by atoms with Crippen molar-refractivity contribution in [1.82, 2.24) is 20.4 Å². The van der Waals surface area contributed by atoms with Gasteiger partial charge in [0.2, 0.25) is 11.3 Å². The molecule has 2 aromatic heterocycles. The molecular formula is C16H14N4O4. The first-order chi connectivity index (χ1) is 11.6. The van der Waals surface area contributed by atoms with Crippen molar-refractivity contribution < 1.29 is 14.0 Å². The normalized spacial score (nSPS) is 10.5. The number of nitrogens with zero attached hydrogens (tertiary/aromatic N) is 2. The van der Waals surface area contributed by atoms with Crippen LogP contribution in [0.1, 0.15) is 5.76 Å². The number of benzene rings is 1. The van der Waals surface area contributed by atoms with E-state index in [1.165, 1.54) is 10.9 Å². The number of hydrogen-bond donors (Lipinski definition) is 2. The second-order valence-electron chi connectivity index (χ2n) is 4.99. The maximum atomic E-state index is 12.0. The zero-order valence-corrected chi connectivity index (χ0v) is 12.6. The molecule has 0 aliphatic carbocycles. The lowest BCUT2D eigenvalue weighted by Gasteiger charge is -2.09. The number of aromatic nitrogens is 2. The predicted molar refractivity (Wildman–Crippen MR) is 85.1 cm³/mol. The quantitative estimate of drug-likeness (QED) is 0.744. The van der Waals surface area contributed by atoms with E-state index in [4.69, 9.17) is 4.42 Å². The fourth-order valence-electron chi connectivity index (χ4n) is 2.21. The Hall–Kier alpha value is -3.42. The van der Waals surface area contributed by atoms with Crippen molar-refractivity contribution in [1.29, 1.82) is 0 Å². The van der Waals surface area contributed by atoms with Crippen LogP contribution >= 0.6 is 0 Å². The Morgan fingerprint density at radius 1 is 1.17 bits per heavy atom. The minimum Gasteiger partial charge on any atom is -0.467 e. The van der Waals surface area contributed by atoms with Crippen molar-refractivity contribution in [3.8, 4) is 0 Å². The molecule has 8 heteroatoms. The van der Waals surface area contributed by atoms with Crippen molar-refractivity contribution in [3.05, 3.63) is 64.8 Å². The van der Waals surface area contributed by atoms with Crippen molar-refractivity contribution in [3.63, 3.8) is 0 Å². The van der Waals surface area contributed by atoms with Crippen LogP contribution in [0, 0.1) is 0 Å². The first-order valence-electron chi connectivity index (χ1n) is 7.18. The SMILES string of the molecule is O=C(Cn1ncc(=O)c2ccccc21)NC(=O)NCc1ccco1. The van der Waals surface area contributed by atoms with Gasteiger partial charge in [0.05, 0.1) is 24.5 Å². The fourth-order valence-corrected chi connectivity index (χ4v) is 2.21. The van der Waals surface area contributed by atoms with Crippen molar-refractivity contribution in [2.75, 3.05) is 0 Å². The Labute approximate surface area is 136 Å². The van der Waals surface area contributed by atoms with Gasteiger partial charge in [-0.05, 0) is 24.3 Å². The van der Waals surface area contributed by atoms with Crippen LogP contribution in [0.2, 0.25) is 0 Å². The molecule has 2 N–H and O–H groups in total. The van der Waals surface area contributed by atoms with Gasteiger partial charge in [-0.1, -0.05) is 12.1 Å². The smallest absolute Gasteiger partial charge is 0.321 e. The Kier molecular flexibility index (Phi) is 4.37. The van der Waals surface area contributed by atoms with Gasteiger partial charge in [-0.2, -0.15) is 5.10 Å². The molecule has 0 saturated carbocycles. The molecular weight excluding hydrogens is 312 g/mol. The molecule has 0 spiro atoms. The molecule has 3 rings (SSSR count). The van der Waals surface area contributed by atoms with Gasteiger partial charge in [-0.15, -0.1) is 0 Å². The number of amides is 3. The van der Waals surface area contributed by atoms with E-state index < -0.39 is 11.9 Å². The second kappa shape index (κ2) is 6.78. The van der Waals surface area contributed by atoms with Gasteiger partial charge in [0.25, 0.3) is 0 Å². The molecule has 0 fully saturated rings. The number of furan rings is 1. The van der Waals surface area contributed by atoms with E-state index in [1.807, 2.05) is 0 Å². The van der Waals surface area contributed by atoms with Crippen LogP contribution in [0.5, 0.6) is 0 Å². The third-order valence-corrected chi connectivity index (χ3v) is 3.31. The molecule has 0 atom stereocenters. The molecule has 3 aromatic rings. The van der Waals surface area contributed by atoms with Crippen LogP contribution in [0.3, 0.4) is 0 Å². The van der Waals surface area contributed by atoms with Gasteiger partial charge in [0.15, 0.2) is 0 Å². The fraction of sp³-hybridized carbons (Fsp3) is 0.125. The minimum atomic E-state index is -0.637. The summed E-state index contributed by atoms with van der Waals surface area (Å²) in [5.74, 6) is 0.0268. The van der Waals surface area contributed by atoms with Crippen LogP contribution in [0.25, 0.3) is 10.9 Å². The number of nitrogens with one attached hydrogen (secondary N) is 2. The number of imide groups is 1. The molecule has 24 heavy (non-hydrogen) atoms. The van der Waals surface area contributed by atoms with E-state index in [-0.39, 0.29) is 18.5 Å². The van der Waals surface area contributed by atoms with Gasteiger partial charge >= 0.3 is 6.03 Å². The van der Waals surface area contributed by atoms with Crippen LogP contribution < -0.4 is 16.1 Å². The van der Waals surface area contributed by atoms with Crippen LogP contribution in [-0.2, 0) is 17.9 Å². The molecule has 0 radical (unpaired) electrons. The molecule has 0 unspecified atom stereocenters. The highest BCUT2D eigenvalue weighted by atomic mass is 16.3. The number of urea groups is 1. The van der Waals surface area contributed by atoms with Gasteiger partial charge in [-0.3, -0.25) is 19.6 Å². The summed E-state index contributed by atoms with van der Waals surface area (Å²) in [5, 5.41) is 9.10. The third kappa shape index (κ3) is 3.49. The number of rotatable bonds is 4. The van der Waals surface area contributed by atoms with E-state index >= 15 is 0 Å². The predicted octanol–water partition coefficient (Wildman–Crippen LogP) is 1.02. The topological polar surface area (TPSA) is 106 Å². The molecule has 8 nitrogen and oxygen atoms in total. The third-order valence-electron chi connectivity index (χ3n) is 3.31. The lowest BCUT2D eigenvalue weighted by atomic mass is 10.2. The maximum Gasteiger partial charge on any atom is 0.321 e. The lowest BCUT2D eigenvalue weighted by Crippen LogP contribution is -2.41. The largest absolute Gasteiger partial charge is 0.467 e. The summed E-state index contributed by atoms with van der Waals surface area (Å²) < 4.78 is 6.44. The number of carbonyl (C=O) groups excluding carboxylic acids is 2. The molecule has 0 aliphatic heterocycles. The van der Waals surface area contributed by atoms with Gasteiger partial charge in [0.1, 0.15) is 12.3 Å². The molecule has 2 heterocycles. The standard InChI is InChI=1S/C16H14N4O4/c21-14-9-18-20(13-6-2-1-5-12(13)14)10-15(22)19-16(23)17-8-11-4-3-7-24-11/h1-7,9H,8,10H2,(H2,17,19,22,23). The van der Waals surface area contributed by atoms with Crippen molar-refractivity contribution in [2.45, 2.75) is 13.1 Å². The highest BCUT2D eigenvalue weighted by Crippen LogP contribution is 2.07. The van der Waals surface area contributed by atoms with Crippen molar-refractivity contribution in [2.24, 2.45) is 0 Å². The van der Waals surface area contributed by atoms with Crippen molar-refractivity contribution >= 4 is 22.8 Å². The molecule has 0 saturated heterocycles. The molecule has 122 valence electrons. The van der Waals surface area contributed by atoms with Gasteiger partial charge in [0, 0.05) is 5.39 Å². The highest BCUT2D eigenvalue weighted by molar-refractivity contribution is 5.94.